The molecule has 0 aliphatic heterocycles. The van der Waals surface area contributed by atoms with Gasteiger partial charge in [-0.3, -0.25) is 4.79 Å². The zero-order valence-electron chi connectivity index (χ0n) is 17.5. The van der Waals surface area contributed by atoms with Crippen molar-refractivity contribution in [3.05, 3.63) is 54.4 Å². The molecule has 3 aromatic rings. The summed E-state index contributed by atoms with van der Waals surface area (Å²) in [5.74, 6) is -0.605. The molecule has 0 aliphatic carbocycles. The predicted molar refractivity (Wildman–Crippen MR) is 116 cm³/mol. The highest BCUT2D eigenvalue weighted by Gasteiger charge is 2.18. The number of imidazole rings is 1. The Morgan fingerprint density at radius 3 is 2.48 bits per heavy atom. The molecule has 0 bridgehead atoms. The predicted octanol–water partition coefficient (Wildman–Crippen LogP) is 2.49. The molecule has 1 aromatic heterocycles. The molecule has 0 saturated carbocycles. The van der Waals surface area contributed by atoms with E-state index in [0.717, 1.165) is 9.82 Å². The van der Waals surface area contributed by atoms with Crippen molar-refractivity contribution < 1.29 is 22.7 Å². The summed E-state index contributed by atoms with van der Waals surface area (Å²) in [4.78, 5) is 28.4. The normalized spacial score (nSPS) is 11.6. The molecule has 1 N–H and O–H groups in total. The Bertz CT molecular complexity index is 1200. The zero-order chi connectivity index (χ0) is 22.6. The number of ether oxygens (including phenoxy) is 1. The lowest BCUT2D eigenvalue weighted by molar-refractivity contribution is -0.116. The van der Waals surface area contributed by atoms with E-state index in [4.69, 9.17) is 4.74 Å². The van der Waals surface area contributed by atoms with Gasteiger partial charge in [-0.2, -0.15) is 0 Å². The van der Waals surface area contributed by atoms with Gasteiger partial charge in [0, 0.05) is 32.7 Å². The first kappa shape index (κ1) is 22.4. The van der Waals surface area contributed by atoms with Crippen molar-refractivity contribution in [3.63, 3.8) is 0 Å². The van der Waals surface area contributed by atoms with Gasteiger partial charge in [-0.25, -0.2) is 22.5 Å². The Balaban J connectivity index is 1.63. The van der Waals surface area contributed by atoms with E-state index in [1.807, 2.05) is 0 Å². The molecule has 31 heavy (non-hydrogen) atoms. The van der Waals surface area contributed by atoms with Crippen molar-refractivity contribution in [2.75, 3.05) is 26.0 Å². The number of nitrogens with one attached hydrogen (secondary N) is 1. The van der Waals surface area contributed by atoms with Crippen molar-refractivity contribution in [1.82, 2.24) is 13.9 Å². The lowest BCUT2D eigenvalue weighted by Crippen LogP contribution is -2.22. The van der Waals surface area contributed by atoms with Crippen LogP contribution in [0.1, 0.15) is 23.7 Å². The molecule has 10 heteroatoms. The lowest BCUT2D eigenvalue weighted by Gasteiger charge is -2.11. The lowest BCUT2D eigenvalue weighted by atomic mass is 10.2. The quantitative estimate of drug-likeness (QED) is 0.535. The summed E-state index contributed by atoms with van der Waals surface area (Å²) in [7, 11) is -0.594. The molecule has 0 atom stereocenters. The van der Waals surface area contributed by atoms with Crippen molar-refractivity contribution in [3.8, 4) is 0 Å². The summed E-state index contributed by atoms with van der Waals surface area (Å²) in [5.41, 5.74) is 2.27. The molecule has 0 radical (unpaired) electrons. The fourth-order valence-electron chi connectivity index (χ4n) is 2.94. The Morgan fingerprint density at radius 2 is 1.84 bits per heavy atom. The number of carbonyl (C=O) groups excluding carboxylic acids is 2. The minimum absolute atomic E-state index is 0.166. The largest absolute Gasteiger partial charge is 0.462 e. The van der Waals surface area contributed by atoms with E-state index in [-0.39, 0.29) is 17.2 Å². The van der Waals surface area contributed by atoms with Crippen LogP contribution in [0, 0.1) is 0 Å². The second kappa shape index (κ2) is 9.27. The maximum atomic E-state index is 12.3. The first-order valence-electron chi connectivity index (χ1n) is 9.67. The number of esters is 1. The third-order valence-corrected chi connectivity index (χ3v) is 6.44. The van der Waals surface area contributed by atoms with Gasteiger partial charge in [0.1, 0.15) is 0 Å². The molecule has 0 spiro atoms. The molecule has 164 valence electrons. The number of nitrogens with zero attached hydrogens (tertiary/aromatic N) is 3. The van der Waals surface area contributed by atoms with Gasteiger partial charge in [-0.1, -0.05) is 0 Å². The number of hydrogen-bond donors (Lipinski definition) is 1. The molecular formula is C21H24N4O5S. The van der Waals surface area contributed by atoms with E-state index in [2.05, 4.69) is 10.3 Å². The average molecular weight is 445 g/mol. The van der Waals surface area contributed by atoms with Gasteiger partial charge in [0.2, 0.25) is 15.9 Å². The number of fused-ring (bicyclic) bond motifs is 1. The van der Waals surface area contributed by atoms with Crippen LogP contribution in [0.4, 0.5) is 5.69 Å². The molecular weight excluding hydrogens is 420 g/mol. The summed E-state index contributed by atoms with van der Waals surface area (Å²) in [6.07, 6.45) is 1.78. The molecule has 2 aromatic carbocycles. The van der Waals surface area contributed by atoms with E-state index in [9.17, 15) is 18.0 Å². The maximum Gasteiger partial charge on any atom is 0.338 e. The fourth-order valence-corrected chi connectivity index (χ4v) is 3.86. The van der Waals surface area contributed by atoms with Crippen LogP contribution in [0.15, 0.2) is 53.7 Å². The number of rotatable bonds is 8. The highest BCUT2D eigenvalue weighted by Crippen LogP contribution is 2.20. The maximum absolute atomic E-state index is 12.3. The number of hydrogen-bond acceptors (Lipinski definition) is 6. The van der Waals surface area contributed by atoms with Gasteiger partial charge >= 0.3 is 5.97 Å². The molecule has 1 amide bonds. The smallest absolute Gasteiger partial charge is 0.338 e. The topological polar surface area (TPSA) is 111 Å². The highest BCUT2D eigenvalue weighted by atomic mass is 32.2. The van der Waals surface area contributed by atoms with E-state index in [0.29, 0.717) is 29.9 Å². The Hall–Kier alpha value is -3.24. The van der Waals surface area contributed by atoms with Crippen LogP contribution < -0.4 is 5.32 Å². The number of sulfonamides is 1. The standard InChI is InChI=1S/C21H24N4O5S/c1-4-30-21(27)15-5-7-16(8-6-15)23-20(26)11-12-25-14-22-18-13-17(9-10-19(18)25)31(28,29)24(2)3/h5-10,13-14H,4,11-12H2,1-3H3,(H,23,26). The van der Waals surface area contributed by atoms with E-state index in [1.165, 1.54) is 26.2 Å². The van der Waals surface area contributed by atoms with E-state index in [1.54, 1.807) is 48.1 Å². The number of anilines is 1. The van der Waals surface area contributed by atoms with E-state index >= 15 is 0 Å². The van der Waals surface area contributed by atoms with Gasteiger partial charge in [-0.15, -0.1) is 0 Å². The zero-order valence-corrected chi connectivity index (χ0v) is 18.3. The second-order valence-electron chi connectivity index (χ2n) is 6.97. The molecule has 0 saturated heterocycles. The molecule has 0 fully saturated rings. The Labute approximate surface area is 180 Å². The number of aromatic nitrogens is 2. The number of benzene rings is 2. The van der Waals surface area contributed by atoms with E-state index < -0.39 is 16.0 Å². The minimum Gasteiger partial charge on any atom is -0.462 e. The van der Waals surface area contributed by atoms with Crippen molar-refractivity contribution in [2.45, 2.75) is 24.8 Å². The molecule has 0 aliphatic rings. The summed E-state index contributed by atoms with van der Waals surface area (Å²) in [6.45, 7) is 2.41. The number of amides is 1. The number of carbonyl (C=O) groups is 2. The summed E-state index contributed by atoms with van der Waals surface area (Å²) < 4.78 is 32.4. The first-order valence-corrected chi connectivity index (χ1v) is 11.1. The third-order valence-electron chi connectivity index (χ3n) is 4.63. The summed E-state index contributed by atoms with van der Waals surface area (Å²) in [5, 5.41) is 2.78. The van der Waals surface area contributed by atoms with Gasteiger partial charge in [0.05, 0.1) is 34.4 Å². The van der Waals surface area contributed by atoms with Crippen LogP contribution in [-0.2, 0) is 26.1 Å². The molecule has 9 nitrogen and oxygen atoms in total. The van der Waals surface area contributed by atoms with Gasteiger partial charge in [0.25, 0.3) is 0 Å². The third kappa shape index (κ3) is 5.09. The van der Waals surface area contributed by atoms with Crippen molar-refractivity contribution in [2.24, 2.45) is 0 Å². The number of aryl methyl sites for hydroxylation is 1. The van der Waals surface area contributed by atoms with Crippen LogP contribution in [0.2, 0.25) is 0 Å². The average Bonchev–Trinajstić information content (AvgIpc) is 3.15. The van der Waals surface area contributed by atoms with Crippen LogP contribution in [-0.4, -0.2) is 54.9 Å². The Morgan fingerprint density at radius 1 is 1.13 bits per heavy atom. The van der Waals surface area contributed by atoms with Gasteiger partial charge < -0.3 is 14.6 Å². The van der Waals surface area contributed by atoms with Crippen LogP contribution in [0.25, 0.3) is 11.0 Å². The van der Waals surface area contributed by atoms with Crippen LogP contribution >= 0.6 is 0 Å². The molecule has 3 rings (SSSR count). The summed E-state index contributed by atoms with van der Waals surface area (Å²) >= 11 is 0. The SMILES string of the molecule is CCOC(=O)c1ccc(NC(=O)CCn2cnc3cc(S(=O)(=O)N(C)C)ccc32)cc1. The first-order chi connectivity index (χ1) is 14.7. The highest BCUT2D eigenvalue weighted by molar-refractivity contribution is 7.89. The fraction of sp³-hybridized carbons (Fsp3) is 0.286. The van der Waals surface area contributed by atoms with Crippen molar-refractivity contribution in [1.29, 1.82) is 0 Å². The molecule has 0 unspecified atom stereocenters. The van der Waals surface area contributed by atoms with Gasteiger partial charge in [0.15, 0.2) is 0 Å². The minimum atomic E-state index is -3.54. The van der Waals surface area contributed by atoms with Crippen molar-refractivity contribution >= 4 is 38.6 Å². The molecule has 1 heterocycles. The second-order valence-corrected chi connectivity index (χ2v) is 9.12. The monoisotopic (exact) mass is 444 g/mol. The van der Waals surface area contributed by atoms with Crippen LogP contribution in [0.3, 0.4) is 0 Å². The van der Waals surface area contributed by atoms with Gasteiger partial charge in [-0.05, 0) is 49.4 Å². The summed E-state index contributed by atoms with van der Waals surface area (Å²) in [6, 6.07) is 11.2. The van der Waals surface area contributed by atoms with Crippen LogP contribution in [0.5, 0.6) is 0 Å². The Kier molecular flexibility index (Phi) is 6.71.